The number of hydrogen-bond acceptors (Lipinski definition) is 4. The quantitative estimate of drug-likeness (QED) is 0.482. The fourth-order valence-electron chi connectivity index (χ4n) is 2.27. The van der Waals surface area contributed by atoms with Gasteiger partial charge in [0.15, 0.2) is 0 Å². The van der Waals surface area contributed by atoms with E-state index in [4.69, 9.17) is 9.84 Å². The first-order chi connectivity index (χ1) is 11.7. The van der Waals surface area contributed by atoms with Gasteiger partial charge in [0.1, 0.15) is 12.5 Å². The SMILES string of the molecule is O=C(CC(C(=O)OCc1ccccc1)c1ccc[nH]1)NCCCO. The molecule has 1 aromatic heterocycles. The van der Waals surface area contributed by atoms with Crippen molar-refractivity contribution in [1.29, 1.82) is 0 Å². The number of aromatic amines is 1. The Hall–Kier alpha value is -2.60. The van der Waals surface area contributed by atoms with Crippen molar-refractivity contribution in [2.45, 2.75) is 25.4 Å². The van der Waals surface area contributed by atoms with Gasteiger partial charge in [-0.3, -0.25) is 9.59 Å². The molecule has 0 radical (unpaired) electrons. The first kappa shape index (κ1) is 17.7. The lowest BCUT2D eigenvalue weighted by atomic mass is 10.0. The normalized spacial score (nSPS) is 11.7. The molecule has 0 saturated carbocycles. The number of hydrogen-bond donors (Lipinski definition) is 3. The fraction of sp³-hybridized carbons (Fsp3) is 0.333. The van der Waals surface area contributed by atoms with Crippen LogP contribution >= 0.6 is 0 Å². The largest absolute Gasteiger partial charge is 0.460 e. The predicted octanol–water partition coefficient (Wildman–Crippen LogP) is 1.73. The van der Waals surface area contributed by atoms with Crippen LogP contribution in [0.15, 0.2) is 48.7 Å². The molecule has 1 heterocycles. The van der Waals surface area contributed by atoms with E-state index in [0.29, 0.717) is 18.7 Å². The number of ether oxygens (including phenoxy) is 1. The second kappa shape index (κ2) is 9.52. The molecule has 0 fully saturated rings. The number of aromatic nitrogens is 1. The number of benzene rings is 1. The first-order valence-corrected chi connectivity index (χ1v) is 7.92. The van der Waals surface area contributed by atoms with E-state index in [1.54, 1.807) is 18.3 Å². The summed E-state index contributed by atoms with van der Waals surface area (Å²) in [6.07, 6.45) is 2.19. The van der Waals surface area contributed by atoms with Crippen LogP contribution in [0.1, 0.15) is 30.0 Å². The lowest BCUT2D eigenvalue weighted by Crippen LogP contribution is -2.29. The number of aliphatic hydroxyl groups excluding tert-OH is 1. The van der Waals surface area contributed by atoms with Crippen LogP contribution < -0.4 is 5.32 Å². The number of rotatable bonds is 9. The van der Waals surface area contributed by atoms with Crippen LogP contribution in [0.25, 0.3) is 0 Å². The summed E-state index contributed by atoms with van der Waals surface area (Å²) in [5, 5.41) is 11.4. The van der Waals surface area contributed by atoms with Crippen molar-refractivity contribution < 1.29 is 19.4 Å². The molecule has 1 amide bonds. The number of aliphatic hydroxyl groups is 1. The molecule has 0 aliphatic heterocycles. The molecule has 128 valence electrons. The lowest BCUT2D eigenvalue weighted by Gasteiger charge is -2.15. The van der Waals surface area contributed by atoms with Crippen LogP contribution in [0.4, 0.5) is 0 Å². The lowest BCUT2D eigenvalue weighted by molar-refractivity contribution is -0.148. The number of nitrogens with one attached hydrogen (secondary N) is 2. The summed E-state index contributed by atoms with van der Waals surface area (Å²) in [4.78, 5) is 27.4. The highest BCUT2D eigenvalue weighted by Crippen LogP contribution is 2.20. The molecule has 2 rings (SSSR count). The average molecular weight is 330 g/mol. The minimum absolute atomic E-state index is 0.000432. The molecule has 1 aromatic carbocycles. The van der Waals surface area contributed by atoms with E-state index in [1.165, 1.54) is 0 Å². The molecule has 1 atom stereocenters. The second-order valence-corrected chi connectivity index (χ2v) is 5.40. The van der Waals surface area contributed by atoms with Crippen LogP contribution in [-0.2, 0) is 20.9 Å². The topological polar surface area (TPSA) is 91.4 Å². The number of carbonyl (C=O) groups excluding carboxylic acids is 2. The van der Waals surface area contributed by atoms with E-state index in [1.807, 2.05) is 30.3 Å². The molecule has 0 aliphatic carbocycles. The Morgan fingerprint density at radius 3 is 2.62 bits per heavy atom. The third-order valence-electron chi connectivity index (χ3n) is 3.55. The van der Waals surface area contributed by atoms with Gasteiger partial charge in [-0.15, -0.1) is 0 Å². The van der Waals surface area contributed by atoms with Crippen molar-refractivity contribution in [3.8, 4) is 0 Å². The van der Waals surface area contributed by atoms with Crippen LogP contribution in [0, 0.1) is 0 Å². The van der Waals surface area contributed by atoms with Gasteiger partial charge in [0.2, 0.25) is 5.91 Å². The molecule has 0 spiro atoms. The Morgan fingerprint density at radius 1 is 1.17 bits per heavy atom. The maximum atomic E-state index is 12.4. The van der Waals surface area contributed by atoms with E-state index in [9.17, 15) is 9.59 Å². The molecular formula is C18H22N2O4. The molecule has 6 nitrogen and oxygen atoms in total. The van der Waals surface area contributed by atoms with Crippen molar-refractivity contribution in [2.24, 2.45) is 0 Å². The van der Waals surface area contributed by atoms with Crippen LogP contribution in [0.2, 0.25) is 0 Å². The molecule has 24 heavy (non-hydrogen) atoms. The van der Waals surface area contributed by atoms with Gasteiger partial charge in [-0.1, -0.05) is 30.3 Å². The third-order valence-corrected chi connectivity index (χ3v) is 3.55. The van der Waals surface area contributed by atoms with Gasteiger partial charge >= 0.3 is 5.97 Å². The number of H-pyrrole nitrogens is 1. The molecule has 6 heteroatoms. The van der Waals surface area contributed by atoms with Crippen molar-refractivity contribution in [3.63, 3.8) is 0 Å². The molecule has 2 aromatic rings. The van der Waals surface area contributed by atoms with Gasteiger partial charge in [-0.05, 0) is 24.1 Å². The van der Waals surface area contributed by atoms with E-state index in [0.717, 1.165) is 5.56 Å². The van der Waals surface area contributed by atoms with E-state index in [-0.39, 0.29) is 25.5 Å². The van der Waals surface area contributed by atoms with E-state index in [2.05, 4.69) is 10.3 Å². The number of amides is 1. The van der Waals surface area contributed by atoms with Crippen molar-refractivity contribution in [3.05, 3.63) is 59.9 Å². The van der Waals surface area contributed by atoms with Gasteiger partial charge in [0.05, 0.1) is 0 Å². The zero-order valence-electron chi connectivity index (χ0n) is 13.4. The summed E-state index contributed by atoms with van der Waals surface area (Å²) < 4.78 is 5.36. The average Bonchev–Trinajstić information content (AvgIpc) is 3.13. The molecule has 0 saturated heterocycles. The van der Waals surface area contributed by atoms with Crippen molar-refractivity contribution in [2.75, 3.05) is 13.2 Å². The Balaban J connectivity index is 1.95. The zero-order chi connectivity index (χ0) is 17.2. The van der Waals surface area contributed by atoms with Gasteiger partial charge in [0.25, 0.3) is 0 Å². The maximum Gasteiger partial charge on any atom is 0.315 e. The number of esters is 1. The third kappa shape index (κ3) is 5.55. The van der Waals surface area contributed by atoms with Gasteiger partial charge in [-0.25, -0.2) is 0 Å². The molecule has 3 N–H and O–H groups in total. The smallest absolute Gasteiger partial charge is 0.315 e. The summed E-state index contributed by atoms with van der Waals surface area (Å²) in [5.74, 6) is -1.38. The summed E-state index contributed by atoms with van der Waals surface area (Å²) in [5.41, 5.74) is 1.54. The standard InChI is InChI=1S/C18H22N2O4/c21-11-5-10-20-17(22)12-15(16-8-4-9-19-16)18(23)24-13-14-6-2-1-3-7-14/h1-4,6-9,15,19,21H,5,10-13H2,(H,20,22). The van der Waals surface area contributed by atoms with E-state index < -0.39 is 11.9 Å². The highest BCUT2D eigenvalue weighted by molar-refractivity contribution is 5.86. The summed E-state index contributed by atoms with van der Waals surface area (Å²) >= 11 is 0. The maximum absolute atomic E-state index is 12.4. The summed E-state index contributed by atoms with van der Waals surface area (Å²) in [7, 11) is 0. The number of carbonyl (C=O) groups is 2. The Morgan fingerprint density at radius 2 is 1.96 bits per heavy atom. The highest BCUT2D eigenvalue weighted by Gasteiger charge is 2.26. The Bertz CT molecular complexity index is 626. The van der Waals surface area contributed by atoms with Crippen LogP contribution in [-0.4, -0.2) is 35.1 Å². The van der Waals surface area contributed by atoms with Gasteiger partial charge in [0, 0.05) is 31.5 Å². The highest BCUT2D eigenvalue weighted by atomic mass is 16.5. The minimum atomic E-state index is -0.683. The minimum Gasteiger partial charge on any atom is -0.460 e. The Labute approximate surface area is 140 Å². The van der Waals surface area contributed by atoms with Crippen LogP contribution in [0.5, 0.6) is 0 Å². The van der Waals surface area contributed by atoms with Gasteiger partial charge in [-0.2, -0.15) is 0 Å². The van der Waals surface area contributed by atoms with Gasteiger partial charge < -0.3 is 20.1 Å². The first-order valence-electron chi connectivity index (χ1n) is 7.92. The zero-order valence-corrected chi connectivity index (χ0v) is 13.4. The molecular weight excluding hydrogens is 308 g/mol. The monoisotopic (exact) mass is 330 g/mol. The second-order valence-electron chi connectivity index (χ2n) is 5.40. The Kier molecular flexibility index (Phi) is 7.04. The summed E-state index contributed by atoms with van der Waals surface area (Å²) in [6, 6.07) is 12.9. The molecule has 1 unspecified atom stereocenters. The molecule has 0 bridgehead atoms. The molecule has 0 aliphatic rings. The predicted molar refractivity (Wildman–Crippen MR) is 89.1 cm³/mol. The van der Waals surface area contributed by atoms with Crippen molar-refractivity contribution in [1.82, 2.24) is 10.3 Å². The summed E-state index contributed by atoms with van der Waals surface area (Å²) in [6.45, 7) is 0.564. The van der Waals surface area contributed by atoms with Crippen LogP contribution in [0.3, 0.4) is 0 Å². The van der Waals surface area contributed by atoms with Crippen molar-refractivity contribution >= 4 is 11.9 Å². The van der Waals surface area contributed by atoms with E-state index >= 15 is 0 Å². The fourth-order valence-corrected chi connectivity index (χ4v) is 2.27.